The van der Waals surface area contributed by atoms with E-state index in [-0.39, 0.29) is 0 Å². The molecular formula is C13H17N. The Kier molecular flexibility index (Phi) is 1.88. The SMILES string of the molecule is c1ccc2c(c1)CC1(CCCCN1)C2. The van der Waals surface area contributed by atoms with E-state index < -0.39 is 0 Å². The molecule has 1 heteroatoms. The van der Waals surface area contributed by atoms with Gasteiger partial charge in [-0.3, -0.25) is 0 Å². The Morgan fingerprint density at radius 2 is 1.71 bits per heavy atom. The van der Waals surface area contributed by atoms with Gasteiger partial charge in [0.15, 0.2) is 0 Å². The van der Waals surface area contributed by atoms with Gasteiger partial charge in [-0.1, -0.05) is 30.7 Å². The van der Waals surface area contributed by atoms with Crippen LogP contribution in [0.15, 0.2) is 24.3 Å². The monoisotopic (exact) mass is 187 g/mol. The van der Waals surface area contributed by atoms with Crippen molar-refractivity contribution < 1.29 is 0 Å². The van der Waals surface area contributed by atoms with Crippen LogP contribution in [-0.2, 0) is 12.8 Å². The van der Waals surface area contributed by atoms with Crippen LogP contribution in [-0.4, -0.2) is 12.1 Å². The van der Waals surface area contributed by atoms with Crippen molar-refractivity contribution in [2.24, 2.45) is 0 Å². The average molecular weight is 187 g/mol. The van der Waals surface area contributed by atoms with Crippen molar-refractivity contribution >= 4 is 0 Å². The summed E-state index contributed by atoms with van der Waals surface area (Å²) in [7, 11) is 0. The van der Waals surface area contributed by atoms with Gasteiger partial charge in [0.1, 0.15) is 0 Å². The van der Waals surface area contributed by atoms with Gasteiger partial charge >= 0.3 is 0 Å². The van der Waals surface area contributed by atoms with Crippen LogP contribution in [0.4, 0.5) is 0 Å². The summed E-state index contributed by atoms with van der Waals surface area (Å²) < 4.78 is 0. The fraction of sp³-hybridized carbons (Fsp3) is 0.538. The zero-order valence-corrected chi connectivity index (χ0v) is 8.55. The fourth-order valence-electron chi connectivity index (χ4n) is 3.03. The minimum atomic E-state index is 0.432. The van der Waals surface area contributed by atoms with Gasteiger partial charge in [-0.2, -0.15) is 0 Å². The Labute approximate surface area is 85.5 Å². The van der Waals surface area contributed by atoms with E-state index in [9.17, 15) is 0 Å². The summed E-state index contributed by atoms with van der Waals surface area (Å²) in [6, 6.07) is 8.92. The second kappa shape index (κ2) is 3.09. The molecule has 1 fully saturated rings. The van der Waals surface area contributed by atoms with E-state index in [0.717, 1.165) is 0 Å². The van der Waals surface area contributed by atoms with E-state index in [1.165, 1.54) is 38.6 Å². The predicted octanol–water partition coefficient (Wildman–Crippen LogP) is 2.30. The van der Waals surface area contributed by atoms with Crippen LogP contribution >= 0.6 is 0 Å². The lowest BCUT2D eigenvalue weighted by atomic mass is 9.86. The van der Waals surface area contributed by atoms with Crippen molar-refractivity contribution in [2.75, 3.05) is 6.54 Å². The molecule has 3 rings (SSSR count). The lowest BCUT2D eigenvalue weighted by Crippen LogP contribution is -2.49. The van der Waals surface area contributed by atoms with E-state index in [1.807, 2.05) is 0 Å². The average Bonchev–Trinajstić information content (AvgIpc) is 2.56. The Hall–Kier alpha value is -0.820. The molecule has 1 saturated heterocycles. The summed E-state index contributed by atoms with van der Waals surface area (Å²) >= 11 is 0. The van der Waals surface area contributed by atoms with Crippen molar-refractivity contribution in [1.29, 1.82) is 0 Å². The van der Waals surface area contributed by atoms with Crippen molar-refractivity contribution in [3.63, 3.8) is 0 Å². The molecular weight excluding hydrogens is 170 g/mol. The van der Waals surface area contributed by atoms with Gasteiger partial charge in [-0.25, -0.2) is 0 Å². The minimum absolute atomic E-state index is 0.432. The summed E-state index contributed by atoms with van der Waals surface area (Å²) in [6.45, 7) is 1.22. The van der Waals surface area contributed by atoms with Crippen molar-refractivity contribution in [3.8, 4) is 0 Å². The molecule has 0 amide bonds. The van der Waals surface area contributed by atoms with E-state index in [4.69, 9.17) is 0 Å². The zero-order chi connectivity index (χ0) is 9.43. The second-order valence-corrected chi connectivity index (χ2v) is 4.79. The maximum absolute atomic E-state index is 3.74. The molecule has 2 aliphatic rings. The molecule has 0 bridgehead atoms. The molecule has 1 aromatic carbocycles. The van der Waals surface area contributed by atoms with Gasteiger partial charge in [0.25, 0.3) is 0 Å². The lowest BCUT2D eigenvalue weighted by molar-refractivity contribution is 0.265. The normalized spacial score (nSPS) is 23.7. The van der Waals surface area contributed by atoms with Gasteiger partial charge < -0.3 is 5.32 Å². The highest BCUT2D eigenvalue weighted by molar-refractivity contribution is 5.36. The second-order valence-electron chi connectivity index (χ2n) is 4.79. The Morgan fingerprint density at radius 1 is 1.00 bits per heavy atom. The molecule has 1 aliphatic heterocycles. The number of piperidine rings is 1. The number of rotatable bonds is 0. The smallest absolute Gasteiger partial charge is 0.0262 e. The minimum Gasteiger partial charge on any atom is -0.311 e. The third-order valence-electron chi connectivity index (χ3n) is 3.76. The van der Waals surface area contributed by atoms with E-state index in [2.05, 4.69) is 29.6 Å². The van der Waals surface area contributed by atoms with E-state index in [1.54, 1.807) is 11.1 Å². The zero-order valence-electron chi connectivity index (χ0n) is 8.55. The fourth-order valence-corrected chi connectivity index (χ4v) is 3.03. The highest BCUT2D eigenvalue weighted by Crippen LogP contribution is 2.35. The Balaban J connectivity index is 1.89. The third-order valence-corrected chi connectivity index (χ3v) is 3.76. The van der Waals surface area contributed by atoms with Crippen molar-refractivity contribution in [3.05, 3.63) is 35.4 Å². The van der Waals surface area contributed by atoms with Crippen LogP contribution in [0.3, 0.4) is 0 Å². The van der Waals surface area contributed by atoms with Crippen LogP contribution in [0.1, 0.15) is 30.4 Å². The van der Waals surface area contributed by atoms with Gasteiger partial charge in [-0.15, -0.1) is 0 Å². The summed E-state index contributed by atoms with van der Waals surface area (Å²) in [4.78, 5) is 0. The van der Waals surface area contributed by atoms with Crippen LogP contribution < -0.4 is 5.32 Å². The molecule has 1 aliphatic carbocycles. The molecule has 14 heavy (non-hydrogen) atoms. The van der Waals surface area contributed by atoms with Crippen molar-refractivity contribution in [2.45, 2.75) is 37.6 Å². The molecule has 1 heterocycles. The molecule has 0 aromatic heterocycles. The molecule has 1 spiro atoms. The van der Waals surface area contributed by atoms with Crippen LogP contribution in [0.25, 0.3) is 0 Å². The topological polar surface area (TPSA) is 12.0 Å². The lowest BCUT2D eigenvalue weighted by Gasteiger charge is -2.34. The third kappa shape index (κ3) is 1.27. The Morgan fingerprint density at radius 3 is 2.29 bits per heavy atom. The van der Waals surface area contributed by atoms with Gasteiger partial charge in [0.2, 0.25) is 0 Å². The standard InChI is InChI=1S/C13H17N/c1-2-6-12-10-13(9-11(12)5-1)7-3-4-8-14-13/h1-2,5-6,14H,3-4,7-10H2. The highest BCUT2D eigenvalue weighted by atomic mass is 15.0. The Bertz CT molecular complexity index is 310. The van der Waals surface area contributed by atoms with Crippen LogP contribution in [0, 0.1) is 0 Å². The van der Waals surface area contributed by atoms with Crippen LogP contribution in [0.5, 0.6) is 0 Å². The molecule has 1 nitrogen and oxygen atoms in total. The summed E-state index contributed by atoms with van der Waals surface area (Å²) in [6.07, 6.45) is 6.63. The highest BCUT2D eigenvalue weighted by Gasteiger charge is 2.37. The van der Waals surface area contributed by atoms with Gasteiger partial charge in [0, 0.05) is 5.54 Å². The number of fused-ring (bicyclic) bond motifs is 1. The van der Waals surface area contributed by atoms with Gasteiger partial charge in [-0.05, 0) is 43.4 Å². The predicted molar refractivity (Wildman–Crippen MR) is 58.4 cm³/mol. The van der Waals surface area contributed by atoms with E-state index >= 15 is 0 Å². The summed E-state index contributed by atoms with van der Waals surface area (Å²) in [5, 5.41) is 3.74. The first-order valence-electron chi connectivity index (χ1n) is 5.70. The first kappa shape index (κ1) is 8.49. The molecule has 0 radical (unpaired) electrons. The summed E-state index contributed by atoms with van der Waals surface area (Å²) in [5.41, 5.74) is 3.57. The first-order chi connectivity index (χ1) is 6.88. The number of nitrogens with one attached hydrogen (secondary N) is 1. The molecule has 74 valence electrons. The molecule has 0 saturated carbocycles. The molecule has 1 aromatic rings. The number of hydrogen-bond donors (Lipinski definition) is 1. The van der Waals surface area contributed by atoms with Crippen LogP contribution in [0.2, 0.25) is 0 Å². The number of hydrogen-bond acceptors (Lipinski definition) is 1. The van der Waals surface area contributed by atoms with Crippen molar-refractivity contribution in [1.82, 2.24) is 5.32 Å². The summed E-state index contributed by atoms with van der Waals surface area (Å²) in [5.74, 6) is 0. The largest absolute Gasteiger partial charge is 0.311 e. The maximum atomic E-state index is 3.74. The molecule has 0 atom stereocenters. The quantitative estimate of drug-likeness (QED) is 0.657. The van der Waals surface area contributed by atoms with E-state index in [0.29, 0.717) is 5.54 Å². The molecule has 1 N–H and O–H groups in total. The number of benzene rings is 1. The first-order valence-corrected chi connectivity index (χ1v) is 5.70. The maximum Gasteiger partial charge on any atom is 0.0262 e. The molecule has 0 unspecified atom stereocenters. The van der Waals surface area contributed by atoms with Gasteiger partial charge in [0.05, 0.1) is 0 Å².